The third kappa shape index (κ3) is 3.79. The molecule has 0 spiro atoms. The van der Waals surface area contributed by atoms with Crippen LogP contribution in [0, 0.1) is 0 Å². The van der Waals surface area contributed by atoms with E-state index in [1.54, 1.807) is 17.3 Å². The van der Waals surface area contributed by atoms with Crippen LogP contribution in [0.4, 0.5) is 11.4 Å². The number of carbonyl (C=O) groups excluding carboxylic acids is 2. The Bertz CT molecular complexity index is 1110. The van der Waals surface area contributed by atoms with Gasteiger partial charge >= 0.3 is 0 Å². The number of rotatable bonds is 6. The summed E-state index contributed by atoms with van der Waals surface area (Å²) in [6, 6.07) is 19.4. The Hall–Kier alpha value is -3.47. The number of pyridine rings is 1. The average molecular weight is 428 g/mol. The molecular weight excluding hydrogens is 398 g/mol. The van der Waals surface area contributed by atoms with Crippen LogP contribution in [0.2, 0.25) is 0 Å². The molecule has 1 unspecified atom stereocenters. The topological polar surface area (TPSA) is 62.3 Å². The van der Waals surface area contributed by atoms with Gasteiger partial charge in [-0.3, -0.25) is 19.5 Å². The van der Waals surface area contributed by atoms with Gasteiger partial charge in [0.2, 0.25) is 5.91 Å². The Labute approximate surface area is 189 Å². The second-order valence-corrected chi connectivity index (χ2v) is 8.98. The highest BCUT2D eigenvalue weighted by Crippen LogP contribution is 2.45. The van der Waals surface area contributed by atoms with Crippen LogP contribution >= 0.6 is 0 Å². The number of β-lactam (4-membered cyclic amide) rings is 1. The second-order valence-electron chi connectivity index (χ2n) is 8.98. The molecule has 2 aromatic carbocycles. The van der Waals surface area contributed by atoms with Crippen molar-refractivity contribution in [2.45, 2.75) is 51.5 Å². The van der Waals surface area contributed by atoms with E-state index >= 15 is 0 Å². The fraction of sp³-hybridized carbons (Fsp3) is 0.296. The molecule has 1 aromatic heterocycles. The van der Waals surface area contributed by atoms with Crippen molar-refractivity contribution in [1.29, 1.82) is 0 Å². The number of nitrogens with zero attached hydrogens (tertiary/aromatic N) is 2. The van der Waals surface area contributed by atoms with E-state index in [2.05, 4.69) is 38.0 Å². The summed E-state index contributed by atoms with van der Waals surface area (Å²) in [5, 5.41) is 3.05. The van der Waals surface area contributed by atoms with Crippen LogP contribution in [0.3, 0.4) is 0 Å². The Kier molecular flexibility index (Phi) is 5.83. The molecule has 32 heavy (non-hydrogen) atoms. The molecular formula is C27H29N3O2. The number of nitrogens with one attached hydrogen (secondary N) is 1. The van der Waals surface area contributed by atoms with Gasteiger partial charge in [-0.25, -0.2) is 0 Å². The molecule has 1 N–H and O–H groups in total. The van der Waals surface area contributed by atoms with Crippen LogP contribution in [0.5, 0.6) is 0 Å². The molecule has 4 rings (SSSR count). The van der Waals surface area contributed by atoms with E-state index in [1.165, 1.54) is 11.1 Å². The van der Waals surface area contributed by atoms with Gasteiger partial charge in [0.25, 0.3) is 5.91 Å². The zero-order valence-electron chi connectivity index (χ0n) is 19.0. The summed E-state index contributed by atoms with van der Waals surface area (Å²) in [6.07, 6.45) is 3.42. The molecule has 0 aliphatic carbocycles. The summed E-state index contributed by atoms with van der Waals surface area (Å²) >= 11 is 0. The van der Waals surface area contributed by atoms with Crippen molar-refractivity contribution in [2.24, 2.45) is 0 Å². The molecule has 1 saturated heterocycles. The molecule has 0 bridgehead atoms. The number of anilines is 2. The van der Waals surface area contributed by atoms with Crippen molar-refractivity contribution in [3.63, 3.8) is 0 Å². The number of hydrogen-bond acceptors (Lipinski definition) is 3. The smallest absolute Gasteiger partial charge is 0.255 e. The van der Waals surface area contributed by atoms with Crippen LogP contribution in [-0.4, -0.2) is 16.8 Å². The van der Waals surface area contributed by atoms with Crippen LogP contribution in [0.25, 0.3) is 0 Å². The van der Waals surface area contributed by atoms with E-state index in [-0.39, 0.29) is 18.2 Å². The van der Waals surface area contributed by atoms with E-state index in [1.807, 2.05) is 60.7 Å². The first kappa shape index (κ1) is 21.8. The number of amides is 2. The molecule has 2 amide bonds. The zero-order chi connectivity index (χ0) is 22.9. The van der Waals surface area contributed by atoms with Crippen LogP contribution in [0.1, 0.15) is 62.6 Å². The first-order valence-corrected chi connectivity index (χ1v) is 11.1. The largest absolute Gasteiger partial charge is 0.324 e. The van der Waals surface area contributed by atoms with Crippen molar-refractivity contribution in [2.75, 3.05) is 10.2 Å². The Morgan fingerprint density at radius 3 is 1.91 bits per heavy atom. The van der Waals surface area contributed by atoms with E-state index in [4.69, 9.17) is 0 Å². The van der Waals surface area contributed by atoms with Gasteiger partial charge in [0.15, 0.2) is 5.54 Å². The van der Waals surface area contributed by atoms with Gasteiger partial charge in [-0.05, 0) is 64.9 Å². The van der Waals surface area contributed by atoms with E-state index in [0.29, 0.717) is 23.2 Å². The lowest BCUT2D eigenvalue weighted by atomic mass is 9.76. The Morgan fingerprint density at radius 2 is 1.41 bits per heavy atom. The molecule has 5 nitrogen and oxygen atoms in total. The summed E-state index contributed by atoms with van der Waals surface area (Å²) in [4.78, 5) is 32.3. The monoisotopic (exact) mass is 427 g/mol. The highest BCUT2D eigenvalue weighted by molar-refractivity contribution is 6.17. The van der Waals surface area contributed by atoms with Gasteiger partial charge in [-0.15, -0.1) is 0 Å². The van der Waals surface area contributed by atoms with Crippen molar-refractivity contribution < 1.29 is 9.59 Å². The van der Waals surface area contributed by atoms with Crippen molar-refractivity contribution in [3.8, 4) is 0 Å². The number of hydrogen-bond donors (Lipinski definition) is 1. The predicted octanol–water partition coefficient (Wildman–Crippen LogP) is 5.60. The molecule has 1 fully saturated rings. The quantitative estimate of drug-likeness (QED) is 0.521. The molecule has 1 aliphatic heterocycles. The molecule has 2 heterocycles. The normalized spacial score (nSPS) is 18.1. The average Bonchev–Trinajstić information content (AvgIpc) is 2.78. The minimum absolute atomic E-state index is 0.0792. The van der Waals surface area contributed by atoms with Gasteiger partial charge in [0.05, 0.1) is 6.42 Å². The Morgan fingerprint density at radius 1 is 0.875 bits per heavy atom. The molecule has 1 aliphatic rings. The van der Waals surface area contributed by atoms with Gasteiger partial charge in [-0.2, -0.15) is 0 Å². The van der Waals surface area contributed by atoms with E-state index in [9.17, 15) is 9.59 Å². The Balaban J connectivity index is 1.71. The number of aromatic nitrogens is 1. The van der Waals surface area contributed by atoms with Gasteiger partial charge in [0.1, 0.15) is 0 Å². The maximum absolute atomic E-state index is 13.7. The van der Waals surface area contributed by atoms with Crippen molar-refractivity contribution >= 4 is 23.2 Å². The molecule has 0 saturated carbocycles. The SMILES string of the molecule is CC(C)c1ccc(NC(=O)C2(c3ccncc3)CC(=O)N2c2ccc(C(C)C)cc2)cc1. The summed E-state index contributed by atoms with van der Waals surface area (Å²) < 4.78 is 0. The molecule has 164 valence electrons. The summed E-state index contributed by atoms with van der Waals surface area (Å²) in [5.41, 5.74) is 3.45. The standard InChI is InChI=1S/C27H29N3O2/c1-18(2)20-5-9-23(10-6-20)29-26(32)27(22-13-15-28-16-14-22)17-25(31)30(27)24-11-7-21(8-12-24)19(3)4/h5-16,18-19H,17H2,1-4H3,(H,29,32). The van der Waals surface area contributed by atoms with Crippen molar-refractivity contribution in [1.82, 2.24) is 4.98 Å². The first-order chi connectivity index (χ1) is 15.3. The third-order valence-electron chi connectivity index (χ3n) is 6.22. The number of benzene rings is 2. The maximum atomic E-state index is 13.7. The zero-order valence-corrected chi connectivity index (χ0v) is 19.0. The highest BCUT2D eigenvalue weighted by atomic mass is 16.2. The minimum Gasteiger partial charge on any atom is -0.324 e. The molecule has 5 heteroatoms. The van der Waals surface area contributed by atoms with Gasteiger partial charge in [-0.1, -0.05) is 52.0 Å². The summed E-state index contributed by atoms with van der Waals surface area (Å²) in [7, 11) is 0. The lowest BCUT2D eigenvalue weighted by molar-refractivity contribution is -0.137. The molecule has 3 aromatic rings. The first-order valence-electron chi connectivity index (χ1n) is 11.1. The van der Waals surface area contributed by atoms with Crippen molar-refractivity contribution in [3.05, 3.63) is 89.7 Å². The molecule has 0 radical (unpaired) electrons. The van der Waals surface area contributed by atoms with Gasteiger partial charge in [0, 0.05) is 23.8 Å². The van der Waals surface area contributed by atoms with E-state index < -0.39 is 5.54 Å². The lowest BCUT2D eigenvalue weighted by Gasteiger charge is -2.50. The van der Waals surface area contributed by atoms with Crippen LogP contribution < -0.4 is 10.2 Å². The summed E-state index contributed by atoms with van der Waals surface area (Å²) in [6.45, 7) is 8.52. The summed E-state index contributed by atoms with van der Waals surface area (Å²) in [5.74, 6) is 0.493. The third-order valence-corrected chi connectivity index (χ3v) is 6.22. The fourth-order valence-electron chi connectivity index (χ4n) is 4.23. The minimum atomic E-state index is -1.11. The lowest BCUT2D eigenvalue weighted by Crippen LogP contribution is -2.67. The predicted molar refractivity (Wildman–Crippen MR) is 128 cm³/mol. The van der Waals surface area contributed by atoms with Crippen LogP contribution in [-0.2, 0) is 15.1 Å². The van der Waals surface area contributed by atoms with E-state index in [0.717, 1.165) is 5.56 Å². The molecule has 1 atom stereocenters. The van der Waals surface area contributed by atoms with Crippen LogP contribution in [0.15, 0.2) is 73.1 Å². The fourth-order valence-corrected chi connectivity index (χ4v) is 4.23. The highest BCUT2D eigenvalue weighted by Gasteiger charge is 2.58. The second kappa shape index (κ2) is 8.58. The van der Waals surface area contributed by atoms with Gasteiger partial charge < -0.3 is 5.32 Å². The number of carbonyl (C=O) groups is 2. The maximum Gasteiger partial charge on any atom is 0.255 e.